The zero-order chi connectivity index (χ0) is 21.7. The van der Waals surface area contributed by atoms with Crippen molar-refractivity contribution in [3.05, 3.63) is 71.0 Å². The van der Waals surface area contributed by atoms with Crippen LogP contribution in [0.4, 0.5) is 5.69 Å². The fourth-order valence-electron chi connectivity index (χ4n) is 3.41. The van der Waals surface area contributed by atoms with E-state index < -0.39 is 0 Å². The number of amidine groups is 1. The highest BCUT2D eigenvalue weighted by molar-refractivity contribution is 6.29. The summed E-state index contributed by atoms with van der Waals surface area (Å²) in [5.41, 5.74) is 9.24. The number of nitrogens with two attached hydrogens (primary N) is 1. The molecule has 7 heteroatoms. The van der Waals surface area contributed by atoms with Gasteiger partial charge in [-0.2, -0.15) is 0 Å². The number of anilines is 1. The van der Waals surface area contributed by atoms with Crippen LogP contribution in [-0.2, 0) is 25.5 Å². The summed E-state index contributed by atoms with van der Waals surface area (Å²) in [4.78, 5) is 26.0. The van der Waals surface area contributed by atoms with Gasteiger partial charge >= 0.3 is 5.97 Å². The maximum Gasteiger partial charge on any atom is 0.305 e. The third-order valence-corrected chi connectivity index (χ3v) is 5.09. The van der Waals surface area contributed by atoms with E-state index in [2.05, 4.69) is 4.74 Å². The molecule has 2 aromatic carbocycles. The lowest BCUT2D eigenvalue weighted by Crippen LogP contribution is -2.26. The van der Waals surface area contributed by atoms with Gasteiger partial charge in [0.25, 0.3) is 5.91 Å². The van der Waals surface area contributed by atoms with Gasteiger partial charge in [-0.1, -0.05) is 24.3 Å². The molecule has 1 aliphatic heterocycles. The topological polar surface area (TPSA) is 106 Å². The summed E-state index contributed by atoms with van der Waals surface area (Å²) in [6.07, 6.45) is 1.85. The van der Waals surface area contributed by atoms with Gasteiger partial charge in [0.05, 0.1) is 26.3 Å². The predicted octanol–water partition coefficient (Wildman–Crippen LogP) is 2.87. The van der Waals surface area contributed by atoms with E-state index in [0.29, 0.717) is 42.0 Å². The summed E-state index contributed by atoms with van der Waals surface area (Å²) >= 11 is 0. The Hall–Kier alpha value is -3.61. The second kappa shape index (κ2) is 9.26. The number of carbonyl (C=O) groups excluding carboxylic acids is 2. The number of esters is 1. The van der Waals surface area contributed by atoms with Gasteiger partial charge in [-0.05, 0) is 48.2 Å². The molecule has 0 bridgehead atoms. The molecule has 0 radical (unpaired) electrons. The van der Waals surface area contributed by atoms with E-state index in [1.54, 1.807) is 36.3 Å². The molecule has 1 aliphatic rings. The van der Waals surface area contributed by atoms with Gasteiger partial charge < -0.3 is 20.1 Å². The molecule has 30 heavy (non-hydrogen) atoms. The highest BCUT2D eigenvalue weighted by Gasteiger charge is 2.33. The molecule has 0 atom stereocenters. The van der Waals surface area contributed by atoms with Gasteiger partial charge in [0.1, 0.15) is 11.6 Å². The number of methoxy groups -OCH3 is 2. The summed E-state index contributed by atoms with van der Waals surface area (Å²) in [6, 6.07) is 14.7. The van der Waals surface area contributed by atoms with Crippen LogP contribution < -0.4 is 10.6 Å². The Morgan fingerprint density at radius 3 is 2.33 bits per heavy atom. The van der Waals surface area contributed by atoms with Crippen LogP contribution in [0.2, 0.25) is 0 Å². The summed E-state index contributed by atoms with van der Waals surface area (Å²) in [5.74, 6) is 0.238. The van der Waals surface area contributed by atoms with Gasteiger partial charge in [0.2, 0.25) is 0 Å². The van der Waals surface area contributed by atoms with Crippen LogP contribution >= 0.6 is 0 Å². The Morgan fingerprint density at radius 2 is 1.77 bits per heavy atom. The minimum Gasteiger partial charge on any atom is -0.498 e. The number of ether oxygens (including phenoxy) is 2. The summed E-state index contributed by atoms with van der Waals surface area (Å²) in [7, 11) is 2.95. The molecule has 156 valence electrons. The fourth-order valence-corrected chi connectivity index (χ4v) is 3.41. The predicted molar refractivity (Wildman–Crippen MR) is 115 cm³/mol. The minimum atomic E-state index is -0.213. The highest BCUT2D eigenvalue weighted by Crippen LogP contribution is 2.32. The smallest absolute Gasteiger partial charge is 0.305 e. The third kappa shape index (κ3) is 4.51. The maximum absolute atomic E-state index is 13.1. The van der Waals surface area contributed by atoms with Crippen LogP contribution in [0.5, 0.6) is 0 Å². The van der Waals surface area contributed by atoms with E-state index in [0.717, 1.165) is 17.5 Å². The number of hydrogen-bond acceptors (Lipinski definition) is 5. The van der Waals surface area contributed by atoms with Crippen molar-refractivity contribution in [3.8, 4) is 0 Å². The first-order chi connectivity index (χ1) is 14.4. The zero-order valence-electron chi connectivity index (χ0n) is 17.1. The number of nitrogens with one attached hydrogen (secondary N) is 1. The average molecular weight is 407 g/mol. The monoisotopic (exact) mass is 407 g/mol. The number of aryl methyl sites for hydroxylation is 1. The summed E-state index contributed by atoms with van der Waals surface area (Å²) < 4.78 is 10.2. The lowest BCUT2D eigenvalue weighted by molar-refractivity contribution is -0.140. The Bertz CT molecular complexity index is 979. The Balaban J connectivity index is 1.75. The second-order valence-electron chi connectivity index (χ2n) is 6.98. The van der Waals surface area contributed by atoms with Crippen LogP contribution in [0.3, 0.4) is 0 Å². The molecule has 3 rings (SSSR count). The molecule has 1 heterocycles. The number of nitrogens with zero attached hydrogens (tertiary/aromatic N) is 1. The number of hydrogen-bond donors (Lipinski definition) is 2. The Labute approximate surface area is 175 Å². The van der Waals surface area contributed by atoms with Crippen molar-refractivity contribution >= 4 is 29.0 Å². The Morgan fingerprint density at radius 1 is 1.10 bits per heavy atom. The number of nitrogen functional groups attached to an aromatic ring is 1. The van der Waals surface area contributed by atoms with E-state index in [4.69, 9.17) is 15.9 Å². The first-order valence-corrected chi connectivity index (χ1v) is 9.64. The third-order valence-electron chi connectivity index (χ3n) is 5.09. The molecule has 0 spiro atoms. The van der Waals surface area contributed by atoms with Crippen LogP contribution in [0, 0.1) is 5.41 Å². The normalized spacial score (nSPS) is 13.5. The molecule has 7 nitrogen and oxygen atoms in total. The van der Waals surface area contributed by atoms with E-state index in [1.807, 2.05) is 24.3 Å². The van der Waals surface area contributed by atoms with Crippen molar-refractivity contribution in [2.24, 2.45) is 5.73 Å². The standard InChI is InChI=1S/C23H25N3O4/c1-29-19-14-26(18-12-10-17(11-13-18)22(24)25)23(28)21(19)16-8-6-15(7-9-16)4-3-5-20(27)30-2/h6-13H,3-5,14H2,1-2H3,(H3,24,25). The van der Waals surface area contributed by atoms with Gasteiger partial charge in [0.15, 0.2) is 0 Å². The van der Waals surface area contributed by atoms with Gasteiger partial charge in [-0.15, -0.1) is 0 Å². The summed E-state index contributed by atoms with van der Waals surface area (Å²) in [5, 5.41) is 7.50. The SMILES string of the molecule is COC(=O)CCCc1ccc(C2=C(OC)CN(c3ccc(C(=N)N)cc3)C2=O)cc1. The zero-order valence-corrected chi connectivity index (χ0v) is 17.1. The van der Waals surface area contributed by atoms with Crippen molar-refractivity contribution < 1.29 is 19.1 Å². The van der Waals surface area contributed by atoms with E-state index in [9.17, 15) is 9.59 Å². The van der Waals surface area contributed by atoms with Crippen LogP contribution in [0.15, 0.2) is 54.3 Å². The largest absolute Gasteiger partial charge is 0.498 e. The molecule has 0 saturated heterocycles. The van der Waals surface area contributed by atoms with E-state index >= 15 is 0 Å². The van der Waals surface area contributed by atoms with Crippen molar-refractivity contribution in [1.29, 1.82) is 5.41 Å². The quantitative estimate of drug-likeness (QED) is 0.398. The van der Waals surface area contributed by atoms with Crippen LogP contribution in [0.1, 0.15) is 29.5 Å². The van der Waals surface area contributed by atoms with E-state index in [-0.39, 0.29) is 17.7 Å². The van der Waals surface area contributed by atoms with Crippen LogP contribution in [0.25, 0.3) is 5.57 Å². The lowest BCUT2D eigenvalue weighted by atomic mass is 10.0. The summed E-state index contributed by atoms with van der Waals surface area (Å²) in [6.45, 7) is 0.338. The molecule has 3 N–H and O–H groups in total. The molecule has 0 fully saturated rings. The van der Waals surface area contributed by atoms with E-state index in [1.165, 1.54) is 7.11 Å². The molecular weight excluding hydrogens is 382 g/mol. The average Bonchev–Trinajstić information content (AvgIpc) is 3.10. The highest BCUT2D eigenvalue weighted by atomic mass is 16.5. The first-order valence-electron chi connectivity index (χ1n) is 9.64. The van der Waals surface area contributed by atoms with Crippen molar-refractivity contribution in [2.75, 3.05) is 25.7 Å². The second-order valence-corrected chi connectivity index (χ2v) is 6.98. The number of amides is 1. The molecule has 1 amide bonds. The molecular formula is C23H25N3O4. The number of rotatable bonds is 8. The van der Waals surface area contributed by atoms with Crippen LogP contribution in [-0.4, -0.2) is 38.5 Å². The van der Waals surface area contributed by atoms with Gasteiger partial charge in [-0.3, -0.25) is 15.0 Å². The maximum atomic E-state index is 13.1. The molecule has 0 aliphatic carbocycles. The van der Waals surface area contributed by atoms with Gasteiger partial charge in [-0.25, -0.2) is 0 Å². The fraction of sp³-hybridized carbons (Fsp3) is 0.261. The number of benzene rings is 2. The molecule has 0 unspecified atom stereocenters. The molecule has 2 aromatic rings. The first kappa shape index (κ1) is 21.1. The van der Waals surface area contributed by atoms with Crippen molar-refractivity contribution in [3.63, 3.8) is 0 Å². The molecule has 0 aromatic heterocycles. The molecule has 0 saturated carbocycles. The van der Waals surface area contributed by atoms with Crippen molar-refractivity contribution in [2.45, 2.75) is 19.3 Å². The van der Waals surface area contributed by atoms with Gasteiger partial charge in [0, 0.05) is 17.7 Å². The minimum absolute atomic E-state index is 0.0163. The lowest BCUT2D eigenvalue weighted by Gasteiger charge is -2.17. The Kier molecular flexibility index (Phi) is 6.51. The number of carbonyl (C=O) groups is 2. The van der Waals surface area contributed by atoms with Crippen molar-refractivity contribution in [1.82, 2.24) is 0 Å².